The van der Waals surface area contributed by atoms with Crippen molar-refractivity contribution < 1.29 is 0 Å². The quantitative estimate of drug-likeness (QED) is 0.855. The molecular formula is C14H13ClN4S. The Kier molecular flexibility index (Phi) is 3.77. The summed E-state index contributed by atoms with van der Waals surface area (Å²) in [4.78, 5) is 8.93. The van der Waals surface area contributed by atoms with E-state index in [1.54, 1.807) is 17.4 Å². The highest BCUT2D eigenvalue weighted by Gasteiger charge is 2.19. The van der Waals surface area contributed by atoms with E-state index in [1.807, 2.05) is 23.7 Å². The van der Waals surface area contributed by atoms with Crippen LogP contribution < -0.4 is 9.80 Å². The molecule has 0 radical (unpaired) electrons. The fourth-order valence-electron chi connectivity index (χ4n) is 2.32. The Bertz CT molecular complexity index is 627. The summed E-state index contributed by atoms with van der Waals surface area (Å²) in [5, 5.41) is 12.5. The number of nitrogens with zero attached hydrogens (tertiary/aromatic N) is 4. The topological polar surface area (TPSA) is 43.2 Å². The summed E-state index contributed by atoms with van der Waals surface area (Å²) < 4.78 is 0. The number of thiazole rings is 1. The molecule has 1 aliphatic heterocycles. The first-order chi connectivity index (χ1) is 9.78. The lowest BCUT2D eigenvalue weighted by molar-refractivity contribution is 0.652. The van der Waals surface area contributed by atoms with Crippen molar-refractivity contribution in [3.8, 4) is 6.07 Å². The van der Waals surface area contributed by atoms with Gasteiger partial charge in [0.1, 0.15) is 6.07 Å². The van der Waals surface area contributed by atoms with E-state index in [4.69, 9.17) is 16.9 Å². The molecule has 0 amide bonds. The minimum atomic E-state index is 0.521. The van der Waals surface area contributed by atoms with Gasteiger partial charge in [-0.2, -0.15) is 5.26 Å². The summed E-state index contributed by atoms with van der Waals surface area (Å²) in [7, 11) is 0. The first kappa shape index (κ1) is 13.2. The SMILES string of the molecule is N#Cc1ccc(N2CCN(c3nccs3)CC2)cc1Cl. The van der Waals surface area contributed by atoms with Crippen LogP contribution in [0.25, 0.3) is 0 Å². The Morgan fingerprint density at radius 1 is 1.20 bits per heavy atom. The first-order valence-electron chi connectivity index (χ1n) is 6.37. The second-order valence-corrected chi connectivity index (χ2v) is 5.84. The van der Waals surface area contributed by atoms with Crippen molar-refractivity contribution in [1.82, 2.24) is 4.98 Å². The molecule has 4 nitrogen and oxygen atoms in total. The lowest BCUT2D eigenvalue weighted by Crippen LogP contribution is -2.46. The molecule has 0 N–H and O–H groups in total. The zero-order valence-corrected chi connectivity index (χ0v) is 12.4. The average Bonchev–Trinajstić information content (AvgIpc) is 3.01. The third-order valence-corrected chi connectivity index (χ3v) is 4.55. The number of hydrogen-bond acceptors (Lipinski definition) is 5. The zero-order chi connectivity index (χ0) is 13.9. The van der Waals surface area contributed by atoms with Crippen LogP contribution in [0.15, 0.2) is 29.8 Å². The molecule has 2 aromatic rings. The summed E-state index contributed by atoms with van der Waals surface area (Å²) in [5.74, 6) is 0. The molecular weight excluding hydrogens is 292 g/mol. The molecule has 2 heterocycles. The summed E-state index contributed by atoms with van der Waals surface area (Å²) in [6.45, 7) is 3.76. The van der Waals surface area contributed by atoms with Gasteiger partial charge in [-0.3, -0.25) is 0 Å². The third kappa shape index (κ3) is 2.58. The van der Waals surface area contributed by atoms with Crippen molar-refractivity contribution in [3.05, 3.63) is 40.4 Å². The maximum atomic E-state index is 8.90. The number of benzene rings is 1. The van der Waals surface area contributed by atoms with E-state index in [1.165, 1.54) is 0 Å². The lowest BCUT2D eigenvalue weighted by Gasteiger charge is -2.36. The number of rotatable bonds is 2. The van der Waals surface area contributed by atoms with E-state index in [-0.39, 0.29) is 0 Å². The summed E-state index contributed by atoms with van der Waals surface area (Å²) >= 11 is 7.76. The van der Waals surface area contributed by atoms with Gasteiger partial charge in [-0.15, -0.1) is 11.3 Å². The molecule has 102 valence electrons. The molecule has 20 heavy (non-hydrogen) atoms. The molecule has 1 fully saturated rings. The van der Waals surface area contributed by atoms with Gasteiger partial charge in [0.25, 0.3) is 0 Å². The number of halogens is 1. The van der Waals surface area contributed by atoms with Crippen LogP contribution in [-0.4, -0.2) is 31.2 Å². The molecule has 0 bridgehead atoms. The van der Waals surface area contributed by atoms with Crippen LogP contribution in [-0.2, 0) is 0 Å². The molecule has 1 saturated heterocycles. The van der Waals surface area contributed by atoms with Gasteiger partial charge in [-0.05, 0) is 18.2 Å². The van der Waals surface area contributed by atoms with Crippen LogP contribution in [0.5, 0.6) is 0 Å². The van der Waals surface area contributed by atoms with Crippen LogP contribution >= 0.6 is 22.9 Å². The van der Waals surface area contributed by atoms with E-state index < -0.39 is 0 Å². The van der Waals surface area contributed by atoms with Crippen LogP contribution in [0.3, 0.4) is 0 Å². The molecule has 0 aliphatic carbocycles. The molecule has 1 aromatic carbocycles. The molecule has 0 unspecified atom stereocenters. The van der Waals surface area contributed by atoms with Crippen LogP contribution in [0.4, 0.5) is 10.8 Å². The van der Waals surface area contributed by atoms with Gasteiger partial charge in [-0.25, -0.2) is 4.98 Å². The monoisotopic (exact) mass is 304 g/mol. The van der Waals surface area contributed by atoms with Crippen molar-refractivity contribution in [3.63, 3.8) is 0 Å². The van der Waals surface area contributed by atoms with E-state index in [0.717, 1.165) is 37.0 Å². The molecule has 1 aliphatic rings. The molecule has 1 aromatic heterocycles. The van der Waals surface area contributed by atoms with Gasteiger partial charge < -0.3 is 9.80 Å². The smallest absolute Gasteiger partial charge is 0.185 e. The lowest BCUT2D eigenvalue weighted by atomic mass is 10.2. The fraction of sp³-hybridized carbons (Fsp3) is 0.286. The normalized spacial score (nSPS) is 15.2. The van der Waals surface area contributed by atoms with Crippen LogP contribution in [0, 0.1) is 11.3 Å². The van der Waals surface area contributed by atoms with E-state index in [0.29, 0.717) is 10.6 Å². The molecule has 6 heteroatoms. The minimum Gasteiger partial charge on any atom is -0.368 e. The zero-order valence-electron chi connectivity index (χ0n) is 10.8. The second-order valence-electron chi connectivity index (χ2n) is 4.56. The second kappa shape index (κ2) is 5.70. The standard InChI is InChI=1S/C14H13ClN4S/c15-13-9-12(2-1-11(13)10-16)18-4-6-19(7-5-18)14-17-3-8-20-14/h1-3,8-9H,4-7H2. The Morgan fingerprint density at radius 2 is 1.95 bits per heavy atom. The highest BCUT2D eigenvalue weighted by Crippen LogP contribution is 2.25. The van der Waals surface area contributed by atoms with Crippen LogP contribution in [0.2, 0.25) is 5.02 Å². The van der Waals surface area contributed by atoms with Gasteiger partial charge in [0.05, 0.1) is 10.6 Å². The van der Waals surface area contributed by atoms with E-state index in [9.17, 15) is 0 Å². The predicted molar refractivity (Wildman–Crippen MR) is 82.7 cm³/mol. The number of piperazine rings is 1. The van der Waals surface area contributed by atoms with Crippen LogP contribution in [0.1, 0.15) is 5.56 Å². The number of anilines is 2. The van der Waals surface area contributed by atoms with Gasteiger partial charge in [0.15, 0.2) is 5.13 Å². The Morgan fingerprint density at radius 3 is 2.55 bits per heavy atom. The molecule has 0 atom stereocenters. The third-order valence-electron chi connectivity index (χ3n) is 3.41. The summed E-state index contributed by atoms with van der Waals surface area (Å²) in [6.07, 6.45) is 1.84. The van der Waals surface area contributed by atoms with E-state index >= 15 is 0 Å². The van der Waals surface area contributed by atoms with Crippen molar-refractivity contribution in [2.45, 2.75) is 0 Å². The molecule has 3 rings (SSSR count). The van der Waals surface area contributed by atoms with Gasteiger partial charge in [-0.1, -0.05) is 11.6 Å². The minimum absolute atomic E-state index is 0.521. The number of hydrogen-bond donors (Lipinski definition) is 0. The van der Waals surface area contributed by atoms with Gasteiger partial charge in [0, 0.05) is 43.4 Å². The van der Waals surface area contributed by atoms with Crippen molar-refractivity contribution in [2.24, 2.45) is 0 Å². The fourth-order valence-corrected chi connectivity index (χ4v) is 3.23. The van der Waals surface area contributed by atoms with Gasteiger partial charge >= 0.3 is 0 Å². The molecule has 0 saturated carbocycles. The highest BCUT2D eigenvalue weighted by atomic mass is 35.5. The Hall–Kier alpha value is -1.77. The van der Waals surface area contributed by atoms with Crippen molar-refractivity contribution in [1.29, 1.82) is 5.26 Å². The maximum Gasteiger partial charge on any atom is 0.185 e. The number of aromatic nitrogens is 1. The summed E-state index contributed by atoms with van der Waals surface area (Å²) in [5.41, 5.74) is 1.60. The van der Waals surface area contributed by atoms with E-state index in [2.05, 4.69) is 20.9 Å². The van der Waals surface area contributed by atoms with Gasteiger partial charge in [0.2, 0.25) is 0 Å². The van der Waals surface area contributed by atoms with Crippen molar-refractivity contribution in [2.75, 3.05) is 36.0 Å². The Balaban J connectivity index is 1.69. The predicted octanol–water partition coefficient (Wildman–Crippen LogP) is 2.99. The Labute approximate surface area is 126 Å². The van der Waals surface area contributed by atoms with Crippen molar-refractivity contribution >= 4 is 33.8 Å². The largest absolute Gasteiger partial charge is 0.368 e. The number of nitriles is 1. The summed E-state index contributed by atoms with van der Waals surface area (Å²) in [6, 6.07) is 7.70. The maximum absolute atomic E-state index is 8.90. The molecule has 0 spiro atoms. The highest BCUT2D eigenvalue weighted by molar-refractivity contribution is 7.13. The first-order valence-corrected chi connectivity index (χ1v) is 7.63. The average molecular weight is 305 g/mol.